The number of Topliss-reactive ketones (excluding diaryl/α,β-unsaturated/α-hetero) is 1. The third kappa shape index (κ3) is 2.42. The Morgan fingerprint density at radius 1 is 1.35 bits per heavy atom. The van der Waals surface area contributed by atoms with Crippen LogP contribution in [-0.2, 0) is 11.2 Å². The zero-order valence-electron chi connectivity index (χ0n) is 14.2. The number of phenolic OH excluding ortho intramolecular Hbond substituents is 1. The third-order valence-electron chi connectivity index (χ3n) is 5.79. The quantitative estimate of drug-likeness (QED) is 0.784. The molecule has 0 amide bonds. The normalized spacial score (nSPS) is 26.4. The summed E-state index contributed by atoms with van der Waals surface area (Å²) in [5.41, 5.74) is 4.26. The van der Waals surface area contributed by atoms with E-state index in [-0.39, 0.29) is 17.1 Å². The average molecular weight is 333 g/mol. The van der Waals surface area contributed by atoms with Crippen LogP contribution in [0.25, 0.3) is 5.57 Å². The van der Waals surface area contributed by atoms with Crippen molar-refractivity contribution in [3.05, 3.63) is 33.9 Å². The molecule has 0 aromatic heterocycles. The Kier molecular flexibility index (Phi) is 4.31. The minimum Gasteiger partial charge on any atom is -0.506 e. The Hall–Kier alpha value is -1.28. The van der Waals surface area contributed by atoms with Gasteiger partial charge < -0.3 is 5.11 Å². The van der Waals surface area contributed by atoms with Gasteiger partial charge in [-0.25, -0.2) is 0 Å². The molecule has 2 unspecified atom stereocenters. The first kappa shape index (κ1) is 16.6. The molecule has 2 aliphatic carbocycles. The fourth-order valence-electron chi connectivity index (χ4n) is 4.66. The zero-order chi connectivity index (χ0) is 16.8. The predicted octanol–water partition coefficient (Wildman–Crippen LogP) is 5.55. The number of halogens is 1. The summed E-state index contributed by atoms with van der Waals surface area (Å²) in [6, 6.07) is 3.61. The Balaban J connectivity index is 2.20. The zero-order valence-corrected chi connectivity index (χ0v) is 15.0. The van der Waals surface area contributed by atoms with Gasteiger partial charge in [0, 0.05) is 11.3 Å². The number of allylic oxidation sites excluding steroid dienone is 2. The average Bonchev–Trinajstić information content (AvgIpc) is 2.88. The summed E-state index contributed by atoms with van der Waals surface area (Å²) in [4.78, 5) is 12.7. The van der Waals surface area contributed by atoms with Crippen molar-refractivity contribution in [2.75, 3.05) is 0 Å². The Morgan fingerprint density at radius 2 is 2.09 bits per heavy atom. The van der Waals surface area contributed by atoms with E-state index in [1.807, 2.05) is 13.0 Å². The number of rotatable bonds is 4. The first-order chi connectivity index (χ1) is 10.9. The first-order valence-electron chi connectivity index (χ1n) is 8.71. The fourth-order valence-corrected chi connectivity index (χ4v) is 4.89. The first-order valence-corrected chi connectivity index (χ1v) is 9.09. The van der Waals surface area contributed by atoms with Gasteiger partial charge in [-0.15, -0.1) is 0 Å². The minimum atomic E-state index is 0.0223. The highest BCUT2D eigenvalue weighted by Gasteiger charge is 2.49. The van der Waals surface area contributed by atoms with Crippen LogP contribution in [0.3, 0.4) is 0 Å². The summed E-state index contributed by atoms with van der Waals surface area (Å²) in [7, 11) is 0. The minimum absolute atomic E-state index is 0.0223. The molecule has 0 saturated heterocycles. The van der Waals surface area contributed by atoms with E-state index in [0.29, 0.717) is 10.8 Å². The second-order valence-electron chi connectivity index (χ2n) is 7.16. The van der Waals surface area contributed by atoms with Crippen LogP contribution in [0.2, 0.25) is 5.02 Å². The van der Waals surface area contributed by atoms with Crippen molar-refractivity contribution in [3.8, 4) is 5.75 Å². The van der Waals surface area contributed by atoms with Crippen LogP contribution < -0.4 is 0 Å². The van der Waals surface area contributed by atoms with E-state index in [9.17, 15) is 9.90 Å². The van der Waals surface area contributed by atoms with Gasteiger partial charge in [-0.3, -0.25) is 4.79 Å². The fraction of sp³-hybridized carbons (Fsp3) is 0.550. The molecule has 2 nitrogen and oxygen atoms in total. The smallest absolute Gasteiger partial charge is 0.161 e. The van der Waals surface area contributed by atoms with Gasteiger partial charge in [0.05, 0.1) is 5.02 Å². The van der Waals surface area contributed by atoms with Crippen molar-refractivity contribution in [1.29, 1.82) is 0 Å². The molecule has 2 atom stereocenters. The lowest BCUT2D eigenvalue weighted by atomic mass is 9.63. The van der Waals surface area contributed by atoms with Crippen LogP contribution in [0.15, 0.2) is 17.7 Å². The van der Waals surface area contributed by atoms with E-state index in [1.54, 1.807) is 6.07 Å². The van der Waals surface area contributed by atoms with E-state index < -0.39 is 0 Å². The predicted molar refractivity (Wildman–Crippen MR) is 94.8 cm³/mol. The molecule has 0 heterocycles. The van der Waals surface area contributed by atoms with Crippen molar-refractivity contribution in [3.63, 3.8) is 0 Å². The van der Waals surface area contributed by atoms with Crippen molar-refractivity contribution in [1.82, 2.24) is 0 Å². The van der Waals surface area contributed by atoms with Gasteiger partial charge in [0.15, 0.2) is 5.78 Å². The lowest BCUT2D eigenvalue weighted by Crippen LogP contribution is -2.34. The number of ketones is 1. The summed E-state index contributed by atoms with van der Waals surface area (Å²) >= 11 is 6.40. The molecular weight excluding hydrogens is 308 g/mol. The van der Waals surface area contributed by atoms with Crippen LogP contribution in [0.4, 0.5) is 0 Å². The van der Waals surface area contributed by atoms with Crippen LogP contribution >= 0.6 is 11.6 Å². The number of aromatic hydroxyl groups is 1. The number of unbranched alkanes of at least 4 members (excludes halogenated alkanes) is 1. The maximum atomic E-state index is 12.7. The molecular formula is C20H25ClO2. The molecule has 0 aliphatic heterocycles. The molecule has 1 aromatic carbocycles. The molecule has 1 N–H and O–H groups in total. The second-order valence-corrected chi connectivity index (χ2v) is 7.54. The monoisotopic (exact) mass is 332 g/mol. The molecule has 2 aliphatic rings. The van der Waals surface area contributed by atoms with Gasteiger partial charge in [0.2, 0.25) is 0 Å². The number of carbonyl (C=O) groups is 1. The number of fused-ring (bicyclic) bond motifs is 3. The maximum absolute atomic E-state index is 12.7. The lowest BCUT2D eigenvalue weighted by Gasteiger charge is -2.39. The summed E-state index contributed by atoms with van der Waals surface area (Å²) < 4.78 is 0. The van der Waals surface area contributed by atoms with Crippen LogP contribution in [0.1, 0.15) is 64.0 Å². The van der Waals surface area contributed by atoms with E-state index in [1.165, 1.54) is 5.57 Å². The number of hydrogen-bond acceptors (Lipinski definition) is 2. The second kappa shape index (κ2) is 5.98. The van der Waals surface area contributed by atoms with Crippen LogP contribution in [-0.4, -0.2) is 10.9 Å². The molecule has 0 radical (unpaired) electrons. The number of carbonyl (C=O) groups excluding carboxylic acids is 1. The van der Waals surface area contributed by atoms with Crippen molar-refractivity contribution in [2.24, 2.45) is 11.3 Å². The molecule has 124 valence electrons. The molecule has 0 bridgehead atoms. The molecule has 0 saturated carbocycles. The SMILES string of the molecule is CCCCC12Cc3c(ccc(O)c3Cl)C1=C(C)C(=O)C(CC)C2. The summed E-state index contributed by atoms with van der Waals surface area (Å²) in [5, 5.41) is 10.4. The topological polar surface area (TPSA) is 37.3 Å². The Bertz CT molecular complexity index is 689. The highest BCUT2D eigenvalue weighted by molar-refractivity contribution is 6.33. The van der Waals surface area contributed by atoms with E-state index in [0.717, 1.165) is 55.2 Å². The van der Waals surface area contributed by atoms with Crippen LogP contribution in [0.5, 0.6) is 5.75 Å². The van der Waals surface area contributed by atoms with Gasteiger partial charge >= 0.3 is 0 Å². The van der Waals surface area contributed by atoms with Gasteiger partial charge in [-0.2, -0.15) is 0 Å². The van der Waals surface area contributed by atoms with Crippen molar-refractivity contribution < 1.29 is 9.90 Å². The van der Waals surface area contributed by atoms with Gasteiger partial charge in [0.25, 0.3) is 0 Å². The van der Waals surface area contributed by atoms with Crippen LogP contribution in [0, 0.1) is 11.3 Å². The third-order valence-corrected chi connectivity index (χ3v) is 6.21. The highest BCUT2D eigenvalue weighted by Crippen LogP contribution is 2.59. The van der Waals surface area contributed by atoms with E-state index in [2.05, 4.69) is 13.8 Å². The van der Waals surface area contributed by atoms with Gasteiger partial charge in [-0.05, 0) is 60.9 Å². The summed E-state index contributed by atoms with van der Waals surface area (Å²) in [6.07, 6.45) is 6.05. The lowest BCUT2D eigenvalue weighted by molar-refractivity contribution is -0.120. The highest BCUT2D eigenvalue weighted by atomic mass is 35.5. The number of benzene rings is 1. The Morgan fingerprint density at radius 3 is 2.74 bits per heavy atom. The molecule has 0 spiro atoms. The molecule has 3 heteroatoms. The Labute approximate surface area is 143 Å². The number of hydrogen-bond donors (Lipinski definition) is 1. The largest absolute Gasteiger partial charge is 0.506 e. The van der Waals surface area contributed by atoms with Gasteiger partial charge in [0.1, 0.15) is 5.75 Å². The molecule has 0 fully saturated rings. The van der Waals surface area contributed by atoms with E-state index >= 15 is 0 Å². The number of phenols is 1. The summed E-state index contributed by atoms with van der Waals surface area (Å²) in [5.74, 6) is 0.565. The van der Waals surface area contributed by atoms with Crippen molar-refractivity contribution >= 4 is 23.0 Å². The van der Waals surface area contributed by atoms with E-state index in [4.69, 9.17) is 11.6 Å². The molecule has 1 aromatic rings. The van der Waals surface area contributed by atoms with Gasteiger partial charge in [-0.1, -0.05) is 44.4 Å². The summed E-state index contributed by atoms with van der Waals surface area (Å²) in [6.45, 7) is 6.30. The molecule has 23 heavy (non-hydrogen) atoms. The maximum Gasteiger partial charge on any atom is 0.161 e. The standard InChI is InChI=1S/C20H25ClO2/c1-4-6-9-20-10-13(5-2)19(23)12(3)17(20)14-7-8-16(22)18(21)15(14)11-20/h7-8,13,22H,4-6,9-11H2,1-3H3. The van der Waals surface area contributed by atoms with Crippen molar-refractivity contribution in [2.45, 2.75) is 59.3 Å². The molecule has 3 rings (SSSR count).